The predicted molar refractivity (Wildman–Crippen MR) is 97.6 cm³/mol. The number of benzene rings is 2. The lowest BCUT2D eigenvalue weighted by molar-refractivity contribution is -0.136. The molecule has 3 aromatic rings. The van der Waals surface area contributed by atoms with E-state index in [2.05, 4.69) is 24.0 Å². The molecule has 0 aliphatic rings. The molecule has 5 heteroatoms. The van der Waals surface area contributed by atoms with Crippen LogP contribution in [-0.4, -0.2) is 30.3 Å². The maximum Gasteiger partial charge on any atom is 0.307 e. The van der Waals surface area contributed by atoms with Crippen molar-refractivity contribution in [2.45, 2.75) is 19.8 Å². The molecular weight excluding hydrogens is 318 g/mol. The van der Waals surface area contributed by atoms with Crippen LogP contribution in [0.4, 0.5) is 0 Å². The second-order valence-corrected chi connectivity index (χ2v) is 5.85. The van der Waals surface area contributed by atoms with E-state index in [0.717, 1.165) is 34.1 Å². The minimum absolute atomic E-state index is 0.0579. The Kier molecular flexibility index (Phi) is 4.65. The van der Waals surface area contributed by atoms with Crippen molar-refractivity contribution in [2.24, 2.45) is 0 Å². The maximum atomic E-state index is 11.4. The number of methoxy groups -OCH3 is 2. The van der Waals surface area contributed by atoms with Gasteiger partial charge in [0.1, 0.15) is 11.5 Å². The van der Waals surface area contributed by atoms with Crippen LogP contribution in [0.3, 0.4) is 0 Å². The van der Waals surface area contributed by atoms with Gasteiger partial charge in [-0.15, -0.1) is 0 Å². The van der Waals surface area contributed by atoms with E-state index in [0.29, 0.717) is 11.5 Å². The molecule has 2 aromatic carbocycles. The van der Waals surface area contributed by atoms with Crippen molar-refractivity contribution in [1.29, 1.82) is 0 Å². The molecule has 25 heavy (non-hydrogen) atoms. The topological polar surface area (TPSA) is 71.5 Å². The molecule has 130 valence electrons. The minimum atomic E-state index is -0.864. The van der Waals surface area contributed by atoms with Crippen molar-refractivity contribution in [3.63, 3.8) is 0 Å². The predicted octanol–water partition coefficient (Wildman–Crippen LogP) is 4.04. The Morgan fingerprint density at radius 3 is 2.56 bits per heavy atom. The van der Waals surface area contributed by atoms with Crippen LogP contribution in [0.2, 0.25) is 0 Å². The molecule has 0 fully saturated rings. The summed E-state index contributed by atoms with van der Waals surface area (Å²) in [6, 6.07) is 11.6. The molecular formula is C20H21NO4. The van der Waals surface area contributed by atoms with Crippen LogP contribution in [0.25, 0.3) is 22.2 Å². The normalized spacial score (nSPS) is 10.8. The highest BCUT2D eigenvalue weighted by Crippen LogP contribution is 2.38. The van der Waals surface area contributed by atoms with Gasteiger partial charge >= 0.3 is 5.97 Å². The zero-order valence-electron chi connectivity index (χ0n) is 14.6. The third kappa shape index (κ3) is 3.18. The van der Waals surface area contributed by atoms with Gasteiger partial charge in [-0.05, 0) is 41.8 Å². The van der Waals surface area contributed by atoms with Gasteiger partial charge in [-0.1, -0.05) is 13.0 Å². The molecule has 5 nitrogen and oxygen atoms in total. The molecule has 2 N–H and O–H groups in total. The third-order valence-electron chi connectivity index (χ3n) is 4.38. The number of hydrogen-bond donors (Lipinski definition) is 2. The van der Waals surface area contributed by atoms with Gasteiger partial charge in [0, 0.05) is 22.5 Å². The number of carboxylic acids is 1. The maximum absolute atomic E-state index is 11.4. The first kappa shape index (κ1) is 16.9. The van der Waals surface area contributed by atoms with Gasteiger partial charge in [0.2, 0.25) is 0 Å². The van der Waals surface area contributed by atoms with Crippen LogP contribution < -0.4 is 9.47 Å². The summed E-state index contributed by atoms with van der Waals surface area (Å²) in [6.45, 7) is 2.08. The van der Waals surface area contributed by atoms with Crippen LogP contribution in [0, 0.1) is 0 Å². The van der Waals surface area contributed by atoms with Crippen molar-refractivity contribution in [3.8, 4) is 22.8 Å². The van der Waals surface area contributed by atoms with E-state index in [1.54, 1.807) is 20.3 Å². The van der Waals surface area contributed by atoms with Crippen molar-refractivity contribution in [1.82, 2.24) is 4.98 Å². The Balaban J connectivity index is 2.26. The number of carbonyl (C=O) groups is 1. The molecule has 0 amide bonds. The van der Waals surface area contributed by atoms with Gasteiger partial charge in [0.25, 0.3) is 0 Å². The number of rotatable bonds is 6. The van der Waals surface area contributed by atoms with Crippen LogP contribution in [0.5, 0.6) is 11.5 Å². The molecule has 0 saturated heterocycles. The second-order valence-electron chi connectivity index (χ2n) is 5.85. The number of nitrogens with one attached hydrogen (secondary N) is 1. The average molecular weight is 339 g/mol. The highest BCUT2D eigenvalue weighted by Gasteiger charge is 2.19. The van der Waals surface area contributed by atoms with E-state index in [9.17, 15) is 9.90 Å². The Morgan fingerprint density at radius 2 is 1.92 bits per heavy atom. The van der Waals surface area contributed by atoms with E-state index in [-0.39, 0.29) is 6.42 Å². The number of aromatic amines is 1. The van der Waals surface area contributed by atoms with E-state index in [4.69, 9.17) is 9.47 Å². The summed E-state index contributed by atoms with van der Waals surface area (Å²) in [7, 11) is 3.19. The van der Waals surface area contributed by atoms with E-state index in [1.165, 1.54) is 5.56 Å². The summed E-state index contributed by atoms with van der Waals surface area (Å²) < 4.78 is 10.7. The lowest BCUT2D eigenvalue weighted by Crippen LogP contribution is -2.01. The standard InChI is InChI=1S/C20H21NO4/c1-4-12-5-8-17-15(9-12)16(11-19(22)23)20(21-17)14-7-6-13(24-2)10-18(14)25-3/h5-10,21H,4,11H2,1-3H3,(H,22,23). The molecule has 1 aromatic heterocycles. The number of ether oxygens (including phenoxy) is 2. The smallest absolute Gasteiger partial charge is 0.307 e. The first-order valence-electron chi connectivity index (χ1n) is 8.15. The quantitative estimate of drug-likeness (QED) is 0.711. The summed E-state index contributed by atoms with van der Waals surface area (Å²) in [4.78, 5) is 14.8. The molecule has 0 unspecified atom stereocenters. The van der Waals surface area contributed by atoms with Crippen LogP contribution in [0.15, 0.2) is 36.4 Å². The second kappa shape index (κ2) is 6.89. The SMILES string of the molecule is CCc1ccc2[nH]c(-c3ccc(OC)cc3OC)c(CC(=O)O)c2c1. The van der Waals surface area contributed by atoms with Crippen molar-refractivity contribution in [2.75, 3.05) is 14.2 Å². The van der Waals surface area contributed by atoms with E-state index < -0.39 is 5.97 Å². The molecule has 0 bridgehead atoms. The number of hydrogen-bond acceptors (Lipinski definition) is 3. The summed E-state index contributed by atoms with van der Waals surface area (Å²) >= 11 is 0. The van der Waals surface area contributed by atoms with Crippen LogP contribution in [0.1, 0.15) is 18.1 Å². The Morgan fingerprint density at radius 1 is 1.12 bits per heavy atom. The number of aromatic nitrogens is 1. The monoisotopic (exact) mass is 339 g/mol. The van der Waals surface area contributed by atoms with E-state index >= 15 is 0 Å². The Bertz CT molecular complexity index is 927. The summed E-state index contributed by atoms with van der Waals surface area (Å²) in [6.07, 6.45) is 0.840. The van der Waals surface area contributed by atoms with Gasteiger partial charge in [-0.25, -0.2) is 0 Å². The fraction of sp³-hybridized carbons (Fsp3) is 0.250. The molecule has 0 radical (unpaired) electrons. The largest absolute Gasteiger partial charge is 0.497 e. The Labute approximate surface area is 146 Å². The third-order valence-corrected chi connectivity index (χ3v) is 4.38. The number of aryl methyl sites for hydroxylation is 1. The highest BCUT2D eigenvalue weighted by atomic mass is 16.5. The molecule has 1 heterocycles. The van der Waals surface area contributed by atoms with Crippen molar-refractivity contribution in [3.05, 3.63) is 47.5 Å². The Hall–Kier alpha value is -2.95. The van der Waals surface area contributed by atoms with Gasteiger partial charge < -0.3 is 19.6 Å². The lowest BCUT2D eigenvalue weighted by atomic mass is 10.0. The number of H-pyrrole nitrogens is 1. The fourth-order valence-corrected chi connectivity index (χ4v) is 3.08. The number of fused-ring (bicyclic) bond motifs is 1. The summed E-state index contributed by atoms with van der Waals surface area (Å²) in [5.74, 6) is 0.453. The lowest BCUT2D eigenvalue weighted by Gasteiger charge is -2.11. The number of carboxylic acid groups (broad SMARTS) is 1. The van der Waals surface area contributed by atoms with Crippen molar-refractivity contribution >= 4 is 16.9 Å². The molecule has 0 spiro atoms. The average Bonchev–Trinajstić information content (AvgIpc) is 2.97. The van der Waals surface area contributed by atoms with Gasteiger partial charge in [-0.3, -0.25) is 4.79 Å². The van der Waals surface area contributed by atoms with Crippen LogP contribution in [-0.2, 0) is 17.6 Å². The van der Waals surface area contributed by atoms with Gasteiger partial charge in [0.15, 0.2) is 0 Å². The zero-order chi connectivity index (χ0) is 18.0. The summed E-state index contributed by atoms with van der Waals surface area (Å²) in [5, 5.41) is 10.3. The molecule has 0 aliphatic carbocycles. The molecule has 0 aliphatic heterocycles. The first-order valence-corrected chi connectivity index (χ1v) is 8.15. The fourth-order valence-electron chi connectivity index (χ4n) is 3.08. The first-order chi connectivity index (χ1) is 12.1. The van der Waals surface area contributed by atoms with Gasteiger partial charge in [0.05, 0.1) is 26.3 Å². The number of aliphatic carboxylic acids is 1. The van der Waals surface area contributed by atoms with Gasteiger partial charge in [-0.2, -0.15) is 0 Å². The van der Waals surface area contributed by atoms with Crippen molar-refractivity contribution < 1.29 is 19.4 Å². The molecule has 0 saturated carbocycles. The molecule has 0 atom stereocenters. The van der Waals surface area contributed by atoms with Crippen LogP contribution >= 0.6 is 0 Å². The zero-order valence-corrected chi connectivity index (χ0v) is 14.6. The minimum Gasteiger partial charge on any atom is -0.497 e. The van der Waals surface area contributed by atoms with E-state index in [1.807, 2.05) is 18.2 Å². The highest BCUT2D eigenvalue weighted by molar-refractivity contribution is 5.95. The summed E-state index contributed by atoms with van der Waals surface area (Å²) in [5.41, 5.74) is 4.44. The molecule has 3 rings (SSSR count).